The van der Waals surface area contributed by atoms with Crippen molar-refractivity contribution in [3.8, 4) is 11.1 Å². The number of carboxylic acid groups (broad SMARTS) is 1. The van der Waals surface area contributed by atoms with E-state index in [1.807, 2.05) is 60.5 Å². The zero-order valence-electron chi connectivity index (χ0n) is 33.3. The normalized spacial score (nSPS) is 23.1. The average Bonchev–Trinajstić information content (AvgIpc) is 3.93. The van der Waals surface area contributed by atoms with E-state index in [0.29, 0.717) is 47.1 Å². The van der Waals surface area contributed by atoms with Crippen LogP contribution in [0, 0.1) is 23.7 Å². The lowest BCUT2D eigenvalue weighted by molar-refractivity contribution is -0.148. The van der Waals surface area contributed by atoms with Crippen molar-refractivity contribution in [2.75, 3.05) is 30.3 Å². The number of carboxylic acids is 1. The number of rotatable bonds is 11. The molecule has 13 heteroatoms. The van der Waals surface area contributed by atoms with Gasteiger partial charge in [0, 0.05) is 62.8 Å². The number of hydrogen-bond donors (Lipinski definition) is 4. The zero-order chi connectivity index (χ0) is 40.1. The molecule has 4 N–H and O–H groups in total. The maximum absolute atomic E-state index is 13.8. The molecule has 2 saturated carbocycles. The Kier molecular flexibility index (Phi) is 10.8. The van der Waals surface area contributed by atoms with Crippen LogP contribution in [-0.2, 0) is 44.7 Å². The van der Waals surface area contributed by atoms with Gasteiger partial charge in [0.25, 0.3) is 11.8 Å². The number of β-amino-alcohol motifs (C(OH)–C–C–N with tert-alkyl or cyclic N) is 1. The predicted molar refractivity (Wildman–Crippen MR) is 220 cm³/mol. The van der Waals surface area contributed by atoms with Crippen molar-refractivity contribution in [1.82, 2.24) is 24.0 Å². The van der Waals surface area contributed by atoms with Crippen molar-refractivity contribution in [3.63, 3.8) is 0 Å². The van der Waals surface area contributed by atoms with E-state index in [0.717, 1.165) is 129 Å². The molecule has 8 rings (SSSR count). The highest BCUT2D eigenvalue weighted by Crippen LogP contribution is 2.63. The molecule has 4 aliphatic rings. The Bertz CT molecular complexity index is 2220. The predicted octanol–water partition coefficient (Wildman–Crippen LogP) is 7.34. The van der Waals surface area contributed by atoms with Crippen molar-refractivity contribution >= 4 is 40.8 Å². The second kappa shape index (κ2) is 15.7. The number of carbonyl (C=O) groups excluding carboxylic acids is 2. The van der Waals surface area contributed by atoms with Gasteiger partial charge in [0.2, 0.25) is 0 Å². The Balaban J connectivity index is 0.933. The molecule has 57 heavy (non-hydrogen) atoms. The minimum atomic E-state index is -0.595. The fourth-order valence-corrected chi connectivity index (χ4v) is 10.8. The molecule has 2 amide bonds. The van der Waals surface area contributed by atoms with Gasteiger partial charge in [0.1, 0.15) is 0 Å². The minimum absolute atomic E-state index is 0.0832. The summed E-state index contributed by atoms with van der Waals surface area (Å²) in [4.78, 5) is 51.1. The fourth-order valence-electron chi connectivity index (χ4n) is 10.5. The number of aryl methyl sites for hydroxylation is 1. The highest BCUT2D eigenvalue weighted by molar-refractivity contribution is 6.36. The van der Waals surface area contributed by atoms with Gasteiger partial charge in [-0.1, -0.05) is 42.3 Å². The molecule has 2 fully saturated rings. The van der Waals surface area contributed by atoms with Crippen LogP contribution in [0.1, 0.15) is 114 Å². The van der Waals surface area contributed by atoms with E-state index in [1.165, 1.54) is 0 Å². The van der Waals surface area contributed by atoms with E-state index >= 15 is 0 Å². The number of halogens is 1. The highest BCUT2D eigenvalue weighted by atomic mass is 35.5. The number of imidazole rings is 2. The molecule has 12 nitrogen and oxygen atoms in total. The van der Waals surface area contributed by atoms with Gasteiger partial charge in [-0.15, -0.1) is 0 Å². The first-order chi connectivity index (χ1) is 27.4. The lowest BCUT2D eigenvalue weighted by atomic mass is 9.76. The summed E-state index contributed by atoms with van der Waals surface area (Å²) in [5.74, 6) is 0.0581. The fraction of sp³-hybridized carbons (Fsp3) is 0.523. The van der Waals surface area contributed by atoms with Crippen molar-refractivity contribution < 1.29 is 24.6 Å². The highest BCUT2D eigenvalue weighted by Gasteiger charge is 2.57. The van der Waals surface area contributed by atoms with Crippen LogP contribution in [0.5, 0.6) is 0 Å². The van der Waals surface area contributed by atoms with E-state index in [2.05, 4.69) is 20.5 Å². The molecule has 1 aliphatic heterocycles. The molecule has 0 saturated heterocycles. The topological polar surface area (TPSA) is 155 Å². The standard InChI is InChI=1S/C44H54ClN7O5/c1-27-29(8-5-10-31(27)48-40(54)39-47-34-25-52(23-24-53)22-16-36(34)51(39)3)30-9-6-12-33(37(30)45)49-41(55)38-46-32-11-4-7-28(13-14-35(32)50(38)2)15-17-43-18-20-44(26-43,21-19-43)42(56)57/h5-6,8-10,12,28,53H,4,7,11,13-26H2,1-3H3,(H,48,54)(H,49,55)(H,56,57). The number of aliphatic hydroxyl groups is 1. The summed E-state index contributed by atoms with van der Waals surface area (Å²) >= 11 is 7.05. The third-order valence-electron chi connectivity index (χ3n) is 13.9. The number of benzene rings is 2. The first kappa shape index (κ1) is 39.3. The van der Waals surface area contributed by atoms with E-state index < -0.39 is 11.4 Å². The summed E-state index contributed by atoms with van der Waals surface area (Å²) in [6.07, 6.45) is 12.5. The molecular weight excluding hydrogens is 742 g/mol. The van der Waals surface area contributed by atoms with E-state index in [9.17, 15) is 24.6 Å². The molecule has 2 bridgehead atoms. The Morgan fingerprint density at radius 1 is 0.860 bits per heavy atom. The zero-order valence-corrected chi connectivity index (χ0v) is 34.1. The van der Waals surface area contributed by atoms with E-state index in [-0.39, 0.29) is 23.8 Å². The maximum atomic E-state index is 13.8. The van der Waals surface area contributed by atoms with E-state index in [1.54, 1.807) is 6.07 Å². The molecular formula is C44H54ClN7O5. The molecule has 4 aromatic rings. The number of aromatic nitrogens is 4. The van der Waals surface area contributed by atoms with Gasteiger partial charge in [-0.2, -0.15) is 0 Å². The minimum Gasteiger partial charge on any atom is -0.481 e. The number of amides is 2. The molecule has 0 radical (unpaired) electrons. The van der Waals surface area contributed by atoms with Crippen LogP contribution >= 0.6 is 11.6 Å². The Morgan fingerprint density at radius 2 is 1.51 bits per heavy atom. The first-order valence-corrected chi connectivity index (χ1v) is 21.0. The number of aliphatic hydroxyl groups excluding tert-OH is 1. The Labute approximate surface area is 339 Å². The summed E-state index contributed by atoms with van der Waals surface area (Å²) in [6.45, 7) is 4.00. The molecule has 2 aromatic carbocycles. The number of aliphatic carboxylic acids is 1. The van der Waals surface area contributed by atoms with Crippen LogP contribution in [0.25, 0.3) is 11.1 Å². The second-order valence-electron chi connectivity index (χ2n) is 17.2. The molecule has 302 valence electrons. The second-order valence-corrected chi connectivity index (χ2v) is 17.6. The van der Waals surface area contributed by atoms with Gasteiger partial charge in [-0.25, -0.2) is 9.97 Å². The lowest BCUT2D eigenvalue weighted by Crippen LogP contribution is -2.33. The van der Waals surface area contributed by atoms with Crippen LogP contribution in [0.2, 0.25) is 5.02 Å². The summed E-state index contributed by atoms with van der Waals surface area (Å²) in [7, 11) is 3.79. The van der Waals surface area contributed by atoms with Gasteiger partial charge in [0.15, 0.2) is 11.6 Å². The van der Waals surface area contributed by atoms with Crippen molar-refractivity contribution in [2.24, 2.45) is 30.8 Å². The van der Waals surface area contributed by atoms with Gasteiger partial charge < -0.3 is 30.0 Å². The van der Waals surface area contributed by atoms with Gasteiger partial charge >= 0.3 is 5.97 Å². The number of nitrogens with one attached hydrogen (secondary N) is 2. The van der Waals surface area contributed by atoms with Crippen molar-refractivity contribution in [1.29, 1.82) is 0 Å². The Morgan fingerprint density at radius 3 is 2.19 bits per heavy atom. The summed E-state index contributed by atoms with van der Waals surface area (Å²) < 4.78 is 3.81. The maximum Gasteiger partial charge on any atom is 0.309 e. The average molecular weight is 796 g/mol. The van der Waals surface area contributed by atoms with Crippen LogP contribution in [0.3, 0.4) is 0 Å². The third-order valence-corrected chi connectivity index (χ3v) is 14.3. The molecule has 2 aromatic heterocycles. The van der Waals surface area contributed by atoms with Gasteiger partial charge in [0.05, 0.1) is 34.1 Å². The summed E-state index contributed by atoms with van der Waals surface area (Å²) in [5.41, 5.74) is 7.22. The Hall–Kier alpha value is -4.52. The van der Waals surface area contributed by atoms with Gasteiger partial charge in [-0.05, 0) is 112 Å². The molecule has 1 atom stereocenters. The van der Waals surface area contributed by atoms with E-state index in [4.69, 9.17) is 16.6 Å². The number of fused-ring (bicyclic) bond motifs is 4. The number of hydrogen-bond acceptors (Lipinski definition) is 7. The SMILES string of the molecule is Cc1c(NC(=O)c2nc3c(n2C)CCN(CCO)C3)cccc1-c1cccc(NC(=O)c2nc3c(n2C)CCC(CCC24CCC(C(=O)O)(CC2)C4)CCC3)c1Cl. The number of anilines is 2. The van der Waals surface area contributed by atoms with Gasteiger partial charge in [-0.3, -0.25) is 19.3 Å². The van der Waals surface area contributed by atoms with Crippen LogP contribution in [-0.4, -0.2) is 71.7 Å². The molecule has 3 aliphatic carbocycles. The first-order valence-electron chi connectivity index (χ1n) is 20.6. The quantitative estimate of drug-likeness (QED) is 0.123. The monoisotopic (exact) mass is 795 g/mol. The number of nitrogens with zero attached hydrogens (tertiary/aromatic N) is 5. The molecule has 1 unspecified atom stereocenters. The smallest absolute Gasteiger partial charge is 0.309 e. The summed E-state index contributed by atoms with van der Waals surface area (Å²) in [6, 6.07) is 11.2. The molecule has 3 heterocycles. The van der Waals surface area contributed by atoms with Crippen LogP contribution < -0.4 is 10.6 Å². The van der Waals surface area contributed by atoms with Crippen molar-refractivity contribution in [3.05, 3.63) is 81.4 Å². The third kappa shape index (κ3) is 7.40. The summed E-state index contributed by atoms with van der Waals surface area (Å²) in [5, 5.41) is 25.7. The number of carbonyl (C=O) groups is 3. The lowest BCUT2D eigenvalue weighted by Gasteiger charge is -2.29. The molecule has 0 spiro atoms. The van der Waals surface area contributed by atoms with Crippen LogP contribution in [0.15, 0.2) is 36.4 Å². The van der Waals surface area contributed by atoms with Crippen LogP contribution in [0.4, 0.5) is 11.4 Å². The van der Waals surface area contributed by atoms with Crippen molar-refractivity contribution in [2.45, 2.75) is 96.9 Å². The largest absolute Gasteiger partial charge is 0.481 e.